The molecule has 2 unspecified atom stereocenters. The fourth-order valence-electron chi connectivity index (χ4n) is 2.17. The van der Waals surface area contributed by atoms with Gasteiger partial charge in [-0.05, 0) is 19.3 Å². The van der Waals surface area contributed by atoms with Gasteiger partial charge in [0.25, 0.3) is 0 Å². The van der Waals surface area contributed by atoms with Crippen LogP contribution in [0.4, 0.5) is 0 Å². The number of nitrogens with zero attached hydrogens (tertiary/aromatic N) is 2. The van der Waals surface area contributed by atoms with Gasteiger partial charge in [-0.25, -0.2) is 0 Å². The molecule has 2 rings (SSSR count). The summed E-state index contributed by atoms with van der Waals surface area (Å²) in [4.78, 5) is 16.5. The van der Waals surface area contributed by atoms with Gasteiger partial charge < -0.3 is 14.0 Å². The molecule has 1 aliphatic rings. The normalized spacial score (nSPS) is 20.5. The highest BCUT2D eigenvalue weighted by Crippen LogP contribution is 2.28. The topological polar surface area (TPSA) is 74.5 Å². The molecule has 7 heteroatoms. The molecule has 1 aromatic rings. The Morgan fingerprint density at radius 2 is 2.33 bits per heavy atom. The second kappa shape index (κ2) is 7.79. The second-order valence-electron chi connectivity index (χ2n) is 5.36. The SMILES string of the molecule is CCOC(=O)C(CC(C)C)c1nc(C2CSCCO2)no1. The third-order valence-electron chi connectivity index (χ3n) is 3.14. The van der Waals surface area contributed by atoms with Crippen molar-refractivity contribution in [1.82, 2.24) is 10.1 Å². The summed E-state index contributed by atoms with van der Waals surface area (Å²) in [6.07, 6.45) is 0.476. The van der Waals surface area contributed by atoms with Gasteiger partial charge in [-0.1, -0.05) is 19.0 Å². The highest BCUT2D eigenvalue weighted by Gasteiger charge is 2.31. The predicted octanol–water partition coefficient (Wildman–Crippen LogP) is 2.57. The Morgan fingerprint density at radius 3 is 2.95 bits per heavy atom. The zero-order valence-corrected chi connectivity index (χ0v) is 13.5. The lowest BCUT2D eigenvalue weighted by molar-refractivity contribution is -0.146. The molecule has 0 spiro atoms. The Kier molecular flexibility index (Phi) is 6.05. The van der Waals surface area contributed by atoms with Gasteiger partial charge >= 0.3 is 5.97 Å². The summed E-state index contributed by atoms with van der Waals surface area (Å²) < 4.78 is 16.0. The molecular weight excluding hydrogens is 292 g/mol. The molecule has 118 valence electrons. The minimum Gasteiger partial charge on any atom is -0.465 e. The minimum absolute atomic E-state index is 0.150. The summed E-state index contributed by atoms with van der Waals surface area (Å²) in [6, 6.07) is 0. The van der Waals surface area contributed by atoms with Crippen LogP contribution in [0.3, 0.4) is 0 Å². The van der Waals surface area contributed by atoms with Crippen molar-refractivity contribution in [2.75, 3.05) is 24.7 Å². The van der Waals surface area contributed by atoms with Crippen LogP contribution in [0.5, 0.6) is 0 Å². The van der Waals surface area contributed by atoms with Crippen LogP contribution in [0.1, 0.15) is 50.9 Å². The lowest BCUT2D eigenvalue weighted by Crippen LogP contribution is -2.19. The largest absolute Gasteiger partial charge is 0.465 e. The van der Waals surface area contributed by atoms with E-state index in [1.165, 1.54) is 0 Å². The number of carbonyl (C=O) groups excluding carboxylic acids is 1. The van der Waals surface area contributed by atoms with E-state index in [0.29, 0.717) is 37.3 Å². The number of carbonyl (C=O) groups is 1. The van der Waals surface area contributed by atoms with Crippen molar-refractivity contribution in [3.05, 3.63) is 11.7 Å². The smallest absolute Gasteiger partial charge is 0.318 e. The minimum atomic E-state index is -0.498. The maximum Gasteiger partial charge on any atom is 0.318 e. The van der Waals surface area contributed by atoms with Gasteiger partial charge in [0.15, 0.2) is 0 Å². The van der Waals surface area contributed by atoms with Gasteiger partial charge in [0.2, 0.25) is 11.7 Å². The first kappa shape index (κ1) is 16.3. The van der Waals surface area contributed by atoms with Crippen molar-refractivity contribution in [2.24, 2.45) is 5.92 Å². The number of ether oxygens (including phenoxy) is 2. The lowest BCUT2D eigenvalue weighted by Gasteiger charge is -2.18. The van der Waals surface area contributed by atoms with Crippen LogP contribution < -0.4 is 0 Å². The zero-order chi connectivity index (χ0) is 15.2. The molecule has 0 radical (unpaired) electrons. The highest BCUT2D eigenvalue weighted by molar-refractivity contribution is 7.99. The molecule has 2 atom stereocenters. The molecule has 0 aliphatic carbocycles. The summed E-state index contributed by atoms with van der Waals surface area (Å²) in [6.45, 7) is 6.91. The number of hydrogen-bond acceptors (Lipinski definition) is 7. The second-order valence-corrected chi connectivity index (χ2v) is 6.51. The average molecular weight is 314 g/mol. The number of hydrogen-bond donors (Lipinski definition) is 0. The van der Waals surface area contributed by atoms with Crippen LogP contribution in [-0.4, -0.2) is 40.8 Å². The summed E-state index contributed by atoms with van der Waals surface area (Å²) >= 11 is 1.80. The van der Waals surface area contributed by atoms with Crippen LogP contribution >= 0.6 is 11.8 Å². The van der Waals surface area contributed by atoms with E-state index in [1.54, 1.807) is 18.7 Å². The third kappa shape index (κ3) is 4.44. The molecule has 1 aromatic heterocycles. The van der Waals surface area contributed by atoms with Crippen molar-refractivity contribution in [3.8, 4) is 0 Å². The Balaban J connectivity index is 2.12. The Morgan fingerprint density at radius 1 is 1.52 bits per heavy atom. The number of esters is 1. The standard InChI is InChI=1S/C14H22N2O4S/c1-4-18-14(17)10(7-9(2)3)13-15-12(16-20-13)11-8-21-6-5-19-11/h9-11H,4-8H2,1-3H3. The van der Waals surface area contributed by atoms with Crippen LogP contribution in [-0.2, 0) is 14.3 Å². The van der Waals surface area contributed by atoms with Gasteiger partial charge in [-0.3, -0.25) is 4.79 Å². The van der Waals surface area contributed by atoms with E-state index in [1.807, 2.05) is 13.8 Å². The fourth-order valence-corrected chi connectivity index (χ4v) is 3.01. The van der Waals surface area contributed by atoms with Crippen molar-refractivity contribution < 1.29 is 18.8 Å². The van der Waals surface area contributed by atoms with Gasteiger partial charge in [0.05, 0.1) is 13.2 Å². The van der Waals surface area contributed by atoms with E-state index >= 15 is 0 Å². The zero-order valence-electron chi connectivity index (χ0n) is 12.7. The van der Waals surface area contributed by atoms with Crippen LogP contribution in [0.25, 0.3) is 0 Å². The number of aromatic nitrogens is 2. The Hall–Kier alpha value is -1.08. The van der Waals surface area contributed by atoms with E-state index in [2.05, 4.69) is 10.1 Å². The van der Waals surface area contributed by atoms with Gasteiger partial charge in [-0.15, -0.1) is 0 Å². The first-order chi connectivity index (χ1) is 10.1. The molecule has 1 aliphatic heterocycles. The molecule has 0 amide bonds. The first-order valence-corrected chi connectivity index (χ1v) is 8.46. The average Bonchev–Trinajstić information content (AvgIpc) is 2.95. The molecule has 0 saturated carbocycles. The molecule has 0 bridgehead atoms. The Bertz CT molecular complexity index is 458. The summed E-state index contributed by atoms with van der Waals surface area (Å²) in [5.41, 5.74) is 0. The van der Waals surface area contributed by atoms with E-state index in [4.69, 9.17) is 14.0 Å². The maximum absolute atomic E-state index is 12.1. The van der Waals surface area contributed by atoms with Crippen molar-refractivity contribution in [2.45, 2.75) is 39.2 Å². The van der Waals surface area contributed by atoms with Crippen LogP contribution in [0, 0.1) is 5.92 Å². The molecule has 1 saturated heterocycles. The van der Waals surface area contributed by atoms with Crippen LogP contribution in [0.15, 0.2) is 4.52 Å². The van der Waals surface area contributed by atoms with E-state index in [9.17, 15) is 4.79 Å². The first-order valence-electron chi connectivity index (χ1n) is 7.31. The highest BCUT2D eigenvalue weighted by atomic mass is 32.2. The molecule has 6 nitrogen and oxygen atoms in total. The number of rotatable bonds is 6. The molecule has 1 fully saturated rings. The third-order valence-corrected chi connectivity index (χ3v) is 4.13. The van der Waals surface area contributed by atoms with Crippen molar-refractivity contribution in [1.29, 1.82) is 0 Å². The summed E-state index contributed by atoms with van der Waals surface area (Å²) in [5, 5.41) is 3.98. The maximum atomic E-state index is 12.1. The van der Waals surface area contributed by atoms with E-state index in [-0.39, 0.29) is 12.1 Å². The molecule has 0 aromatic carbocycles. The summed E-state index contributed by atoms with van der Waals surface area (Å²) in [7, 11) is 0. The van der Waals surface area contributed by atoms with Crippen molar-refractivity contribution >= 4 is 17.7 Å². The quantitative estimate of drug-likeness (QED) is 0.747. The lowest BCUT2D eigenvalue weighted by atomic mass is 9.97. The van der Waals surface area contributed by atoms with Gasteiger partial charge in [-0.2, -0.15) is 16.7 Å². The molecule has 0 N–H and O–H groups in total. The fraction of sp³-hybridized carbons (Fsp3) is 0.786. The Labute approximate surface area is 129 Å². The van der Waals surface area contributed by atoms with E-state index in [0.717, 1.165) is 11.5 Å². The molecular formula is C14H22N2O4S. The molecule has 21 heavy (non-hydrogen) atoms. The van der Waals surface area contributed by atoms with Gasteiger partial charge in [0.1, 0.15) is 12.0 Å². The molecule has 2 heterocycles. The number of thioether (sulfide) groups is 1. The predicted molar refractivity (Wildman–Crippen MR) is 79.1 cm³/mol. The monoisotopic (exact) mass is 314 g/mol. The van der Waals surface area contributed by atoms with Crippen LogP contribution in [0.2, 0.25) is 0 Å². The van der Waals surface area contributed by atoms with E-state index < -0.39 is 5.92 Å². The van der Waals surface area contributed by atoms with Crippen molar-refractivity contribution in [3.63, 3.8) is 0 Å². The van der Waals surface area contributed by atoms with Gasteiger partial charge in [0, 0.05) is 11.5 Å². The summed E-state index contributed by atoms with van der Waals surface area (Å²) in [5.74, 6) is 2.18.